The first kappa shape index (κ1) is 19.1. The zero-order valence-electron chi connectivity index (χ0n) is 16.7. The molecule has 2 aromatic rings. The summed E-state index contributed by atoms with van der Waals surface area (Å²) in [7, 11) is 0. The summed E-state index contributed by atoms with van der Waals surface area (Å²) in [4.78, 5) is 15.1. The second-order valence-corrected chi connectivity index (χ2v) is 7.93. The van der Waals surface area contributed by atoms with Crippen LogP contribution in [0.5, 0.6) is 0 Å². The van der Waals surface area contributed by atoms with Gasteiger partial charge in [0.1, 0.15) is 0 Å². The number of aromatic nitrogens is 3. The van der Waals surface area contributed by atoms with Crippen molar-refractivity contribution in [3.8, 4) is 0 Å². The minimum absolute atomic E-state index is 0.154. The number of nitrogens with zero attached hydrogens (tertiary/aromatic N) is 4. The van der Waals surface area contributed by atoms with Crippen molar-refractivity contribution in [2.24, 2.45) is 0 Å². The van der Waals surface area contributed by atoms with E-state index in [9.17, 15) is 4.79 Å². The molecule has 2 fully saturated rings. The van der Waals surface area contributed by atoms with E-state index in [1.54, 1.807) is 0 Å². The van der Waals surface area contributed by atoms with E-state index in [0.29, 0.717) is 18.3 Å². The summed E-state index contributed by atoms with van der Waals surface area (Å²) in [5.74, 6) is -0.154. The maximum absolute atomic E-state index is 12.6. The second kappa shape index (κ2) is 8.84. The molecule has 150 valence electrons. The molecule has 0 atom stereocenters. The monoisotopic (exact) mass is 382 g/mol. The third-order valence-corrected chi connectivity index (χ3v) is 5.88. The molecule has 0 aliphatic carbocycles. The van der Waals surface area contributed by atoms with Crippen LogP contribution in [0.4, 0.5) is 0 Å². The van der Waals surface area contributed by atoms with E-state index < -0.39 is 0 Å². The number of carbonyl (C=O) groups excluding carboxylic acids is 1. The van der Waals surface area contributed by atoms with Gasteiger partial charge in [0.05, 0.1) is 11.7 Å². The number of amides is 1. The molecule has 1 aromatic heterocycles. The fourth-order valence-corrected chi connectivity index (χ4v) is 4.18. The standard InChI is InChI=1S/C21H30N6O/c1-16-20(24-25-27(16)19-8-10-22-11-9-19)21(28)23-14-17-4-6-18(7-5-17)15-26-12-2-3-13-26/h4-7,19,22H,2-3,8-15H2,1H3,(H,23,28). The highest BCUT2D eigenvalue weighted by molar-refractivity contribution is 5.93. The molecule has 7 heteroatoms. The number of carbonyl (C=O) groups is 1. The van der Waals surface area contributed by atoms with Gasteiger partial charge in [-0.1, -0.05) is 29.5 Å². The van der Waals surface area contributed by atoms with Crippen molar-refractivity contribution in [3.63, 3.8) is 0 Å². The first-order valence-electron chi connectivity index (χ1n) is 10.4. The van der Waals surface area contributed by atoms with Crippen LogP contribution in [0.1, 0.15) is 59.0 Å². The number of nitrogens with one attached hydrogen (secondary N) is 2. The Morgan fingerprint density at radius 1 is 1.14 bits per heavy atom. The lowest BCUT2D eigenvalue weighted by Gasteiger charge is -2.23. The minimum Gasteiger partial charge on any atom is -0.347 e. The Labute approximate surface area is 166 Å². The van der Waals surface area contributed by atoms with Gasteiger partial charge in [-0.3, -0.25) is 9.69 Å². The van der Waals surface area contributed by atoms with Gasteiger partial charge in [0.25, 0.3) is 5.91 Å². The van der Waals surface area contributed by atoms with Crippen LogP contribution < -0.4 is 10.6 Å². The first-order valence-corrected chi connectivity index (χ1v) is 10.4. The Kier molecular flexibility index (Phi) is 6.02. The number of hydrogen-bond donors (Lipinski definition) is 2. The SMILES string of the molecule is Cc1c(C(=O)NCc2ccc(CN3CCCC3)cc2)nnn1C1CCNCC1. The van der Waals surface area contributed by atoms with E-state index in [0.717, 1.165) is 43.7 Å². The molecule has 2 saturated heterocycles. The van der Waals surface area contributed by atoms with Gasteiger partial charge >= 0.3 is 0 Å². The molecule has 0 spiro atoms. The largest absolute Gasteiger partial charge is 0.347 e. The van der Waals surface area contributed by atoms with E-state index in [1.807, 2.05) is 11.6 Å². The third-order valence-electron chi connectivity index (χ3n) is 5.88. The molecular weight excluding hydrogens is 352 g/mol. The maximum Gasteiger partial charge on any atom is 0.274 e. The molecule has 1 amide bonds. The second-order valence-electron chi connectivity index (χ2n) is 7.93. The van der Waals surface area contributed by atoms with E-state index >= 15 is 0 Å². The molecule has 7 nitrogen and oxygen atoms in total. The first-order chi connectivity index (χ1) is 13.7. The van der Waals surface area contributed by atoms with E-state index in [1.165, 1.54) is 31.5 Å². The van der Waals surface area contributed by atoms with Crippen LogP contribution in [-0.4, -0.2) is 52.0 Å². The van der Waals surface area contributed by atoms with Crippen LogP contribution in [-0.2, 0) is 13.1 Å². The predicted octanol–water partition coefficient (Wildman–Crippen LogP) is 2.04. The number of benzene rings is 1. The van der Waals surface area contributed by atoms with Gasteiger partial charge in [0, 0.05) is 13.1 Å². The van der Waals surface area contributed by atoms with Gasteiger partial charge < -0.3 is 10.6 Å². The zero-order chi connectivity index (χ0) is 19.3. The Hall–Kier alpha value is -2.25. The topological polar surface area (TPSA) is 75.1 Å². The van der Waals surface area contributed by atoms with Gasteiger partial charge in [-0.15, -0.1) is 5.10 Å². The summed E-state index contributed by atoms with van der Waals surface area (Å²) in [6.45, 7) is 7.83. The molecule has 2 N–H and O–H groups in total. The number of piperidine rings is 1. The molecule has 0 saturated carbocycles. The van der Waals surface area contributed by atoms with Gasteiger partial charge in [-0.05, 0) is 69.9 Å². The minimum atomic E-state index is -0.154. The van der Waals surface area contributed by atoms with Crippen molar-refractivity contribution in [1.82, 2.24) is 30.5 Å². The van der Waals surface area contributed by atoms with Crippen LogP contribution in [0, 0.1) is 6.92 Å². The van der Waals surface area contributed by atoms with Gasteiger partial charge in [-0.25, -0.2) is 4.68 Å². The van der Waals surface area contributed by atoms with Crippen LogP contribution in [0.2, 0.25) is 0 Å². The normalized spacial score (nSPS) is 18.5. The number of rotatable bonds is 6. The molecule has 1 aromatic carbocycles. The third kappa shape index (κ3) is 4.42. The van der Waals surface area contributed by atoms with Crippen molar-refractivity contribution in [2.45, 2.75) is 51.7 Å². The predicted molar refractivity (Wildman–Crippen MR) is 108 cm³/mol. The molecule has 4 rings (SSSR count). The molecule has 0 bridgehead atoms. The van der Waals surface area contributed by atoms with Gasteiger partial charge in [0.15, 0.2) is 5.69 Å². The Morgan fingerprint density at radius 2 is 1.82 bits per heavy atom. The molecular formula is C21H30N6O. The van der Waals surface area contributed by atoms with Crippen molar-refractivity contribution in [3.05, 3.63) is 46.8 Å². The average Bonchev–Trinajstić information content (AvgIpc) is 3.37. The molecule has 3 heterocycles. The summed E-state index contributed by atoms with van der Waals surface area (Å²) < 4.78 is 1.92. The summed E-state index contributed by atoms with van der Waals surface area (Å²) in [6, 6.07) is 8.87. The highest BCUT2D eigenvalue weighted by atomic mass is 16.2. The molecule has 2 aliphatic rings. The van der Waals surface area contributed by atoms with Crippen LogP contribution in [0.15, 0.2) is 24.3 Å². The lowest BCUT2D eigenvalue weighted by Crippen LogP contribution is -2.30. The van der Waals surface area contributed by atoms with Crippen molar-refractivity contribution < 1.29 is 4.79 Å². The molecule has 28 heavy (non-hydrogen) atoms. The maximum atomic E-state index is 12.6. The highest BCUT2D eigenvalue weighted by Gasteiger charge is 2.22. The smallest absolute Gasteiger partial charge is 0.274 e. The fraction of sp³-hybridized carbons (Fsp3) is 0.571. The Balaban J connectivity index is 1.32. The summed E-state index contributed by atoms with van der Waals surface area (Å²) in [5, 5.41) is 14.7. The summed E-state index contributed by atoms with van der Waals surface area (Å²) in [6.07, 6.45) is 4.67. The highest BCUT2D eigenvalue weighted by Crippen LogP contribution is 2.20. The Morgan fingerprint density at radius 3 is 2.54 bits per heavy atom. The molecule has 0 radical (unpaired) electrons. The zero-order valence-corrected chi connectivity index (χ0v) is 16.7. The summed E-state index contributed by atoms with van der Waals surface area (Å²) >= 11 is 0. The van der Waals surface area contributed by atoms with Crippen molar-refractivity contribution >= 4 is 5.91 Å². The number of hydrogen-bond acceptors (Lipinski definition) is 5. The van der Waals surface area contributed by atoms with Crippen LogP contribution >= 0.6 is 0 Å². The van der Waals surface area contributed by atoms with Crippen LogP contribution in [0.25, 0.3) is 0 Å². The van der Waals surface area contributed by atoms with E-state index in [-0.39, 0.29) is 5.91 Å². The van der Waals surface area contributed by atoms with Crippen molar-refractivity contribution in [2.75, 3.05) is 26.2 Å². The van der Waals surface area contributed by atoms with Gasteiger partial charge in [-0.2, -0.15) is 0 Å². The van der Waals surface area contributed by atoms with Crippen LogP contribution in [0.3, 0.4) is 0 Å². The average molecular weight is 383 g/mol. The molecule has 2 aliphatic heterocycles. The van der Waals surface area contributed by atoms with E-state index in [4.69, 9.17) is 0 Å². The Bertz CT molecular complexity index is 788. The lowest BCUT2D eigenvalue weighted by molar-refractivity contribution is 0.0945. The summed E-state index contributed by atoms with van der Waals surface area (Å²) in [5.41, 5.74) is 3.72. The van der Waals surface area contributed by atoms with Crippen molar-refractivity contribution in [1.29, 1.82) is 0 Å². The van der Waals surface area contributed by atoms with Gasteiger partial charge in [0.2, 0.25) is 0 Å². The number of likely N-dealkylation sites (tertiary alicyclic amines) is 1. The fourth-order valence-electron chi connectivity index (χ4n) is 4.18. The van der Waals surface area contributed by atoms with E-state index in [2.05, 4.69) is 50.1 Å². The lowest BCUT2D eigenvalue weighted by atomic mass is 10.1. The quantitative estimate of drug-likeness (QED) is 0.800. The molecule has 0 unspecified atom stereocenters.